The van der Waals surface area contributed by atoms with Gasteiger partial charge in [-0.15, -0.1) is 0 Å². The highest BCUT2D eigenvalue weighted by Crippen LogP contribution is 2.28. The Morgan fingerprint density at radius 1 is 0.931 bits per heavy atom. The molecule has 6 nitrogen and oxygen atoms in total. The summed E-state index contributed by atoms with van der Waals surface area (Å²) >= 11 is 1.23. The molecule has 0 aliphatic carbocycles. The third kappa shape index (κ3) is 4.04. The molecule has 4 aromatic rings. The lowest BCUT2D eigenvalue weighted by Crippen LogP contribution is -2.18. The van der Waals surface area contributed by atoms with E-state index in [9.17, 15) is 13.2 Å². The Labute approximate surface area is 172 Å². The summed E-state index contributed by atoms with van der Waals surface area (Å²) in [5.74, 6) is -0.272. The third-order valence-electron chi connectivity index (χ3n) is 4.41. The van der Waals surface area contributed by atoms with Gasteiger partial charge in [0.1, 0.15) is 0 Å². The number of anilines is 1. The van der Waals surface area contributed by atoms with Gasteiger partial charge in [-0.1, -0.05) is 53.8 Å². The van der Waals surface area contributed by atoms with E-state index < -0.39 is 10.0 Å². The molecular formula is C21H17N3O3S2. The average molecular weight is 424 g/mol. The Kier molecular flexibility index (Phi) is 5.14. The molecule has 8 heteroatoms. The van der Waals surface area contributed by atoms with E-state index in [1.165, 1.54) is 24.5 Å². The second-order valence-corrected chi connectivity index (χ2v) is 9.17. The standard InChI is InChI=1S/C21H17N3O3S2/c1-22-29(26,27)17-11-12-18-19(13-17)28-21(23-18)24-20(25)16-9-7-15(8-10-16)14-5-3-2-4-6-14/h2-13,22H,1H3,(H,23,24,25). The van der Waals surface area contributed by atoms with E-state index in [1.807, 2.05) is 42.5 Å². The van der Waals surface area contributed by atoms with Crippen molar-refractivity contribution in [3.63, 3.8) is 0 Å². The molecule has 2 N–H and O–H groups in total. The number of thiazole rings is 1. The molecule has 0 aliphatic heterocycles. The molecule has 0 aliphatic rings. The first-order valence-electron chi connectivity index (χ1n) is 8.77. The number of fused-ring (bicyclic) bond motifs is 1. The van der Waals surface area contributed by atoms with Gasteiger partial charge in [0.2, 0.25) is 10.0 Å². The molecule has 0 atom stereocenters. The van der Waals surface area contributed by atoms with Crippen molar-refractivity contribution in [2.75, 3.05) is 12.4 Å². The van der Waals surface area contributed by atoms with Crippen LogP contribution in [0.15, 0.2) is 77.7 Å². The normalized spacial score (nSPS) is 11.5. The Balaban J connectivity index is 1.54. The lowest BCUT2D eigenvalue weighted by molar-refractivity contribution is 0.102. The molecule has 1 aromatic heterocycles. The zero-order valence-corrected chi connectivity index (χ0v) is 17.0. The SMILES string of the molecule is CNS(=O)(=O)c1ccc2nc(NC(=O)c3ccc(-c4ccccc4)cc3)sc2c1. The number of carbonyl (C=O) groups is 1. The quantitative estimate of drug-likeness (QED) is 0.505. The van der Waals surface area contributed by atoms with Crippen molar-refractivity contribution in [3.05, 3.63) is 78.4 Å². The smallest absolute Gasteiger partial charge is 0.257 e. The summed E-state index contributed by atoms with van der Waals surface area (Å²) in [5, 5.41) is 3.20. The largest absolute Gasteiger partial charge is 0.298 e. The zero-order valence-electron chi connectivity index (χ0n) is 15.4. The molecule has 0 saturated carbocycles. The first-order valence-corrected chi connectivity index (χ1v) is 11.1. The maximum atomic E-state index is 12.6. The van der Waals surface area contributed by atoms with Gasteiger partial charge in [0.05, 0.1) is 15.1 Å². The van der Waals surface area contributed by atoms with Crippen molar-refractivity contribution in [1.82, 2.24) is 9.71 Å². The molecule has 0 fully saturated rings. The van der Waals surface area contributed by atoms with E-state index in [1.54, 1.807) is 24.3 Å². The van der Waals surface area contributed by atoms with Crippen molar-refractivity contribution < 1.29 is 13.2 Å². The first kappa shape index (κ1) is 19.3. The highest BCUT2D eigenvalue weighted by molar-refractivity contribution is 7.89. The van der Waals surface area contributed by atoms with Crippen LogP contribution < -0.4 is 10.0 Å². The van der Waals surface area contributed by atoms with Gasteiger partial charge in [0, 0.05) is 5.56 Å². The van der Waals surface area contributed by atoms with E-state index in [4.69, 9.17) is 0 Å². The molecule has 3 aromatic carbocycles. The Bertz CT molecular complexity index is 1280. The predicted octanol–water partition coefficient (Wildman–Crippen LogP) is 4.12. The Morgan fingerprint density at radius 2 is 1.62 bits per heavy atom. The minimum Gasteiger partial charge on any atom is -0.298 e. The van der Waals surface area contributed by atoms with Crippen LogP contribution in [0.5, 0.6) is 0 Å². The number of amides is 1. The number of rotatable bonds is 5. The monoisotopic (exact) mass is 423 g/mol. The number of carbonyl (C=O) groups excluding carboxylic acids is 1. The predicted molar refractivity (Wildman–Crippen MR) is 116 cm³/mol. The summed E-state index contributed by atoms with van der Waals surface area (Å²) < 4.78 is 26.9. The number of nitrogens with zero attached hydrogens (tertiary/aromatic N) is 1. The second-order valence-electron chi connectivity index (χ2n) is 6.25. The topological polar surface area (TPSA) is 88.2 Å². The molecule has 0 radical (unpaired) electrons. The van der Waals surface area contributed by atoms with E-state index in [-0.39, 0.29) is 10.8 Å². The van der Waals surface area contributed by atoms with Crippen LogP contribution in [0.3, 0.4) is 0 Å². The Hall–Kier alpha value is -3.07. The van der Waals surface area contributed by atoms with Gasteiger partial charge in [-0.3, -0.25) is 10.1 Å². The molecule has 0 unspecified atom stereocenters. The van der Waals surface area contributed by atoms with E-state index in [0.717, 1.165) is 11.1 Å². The van der Waals surface area contributed by atoms with E-state index in [2.05, 4.69) is 15.0 Å². The summed E-state index contributed by atoms with van der Waals surface area (Å²) in [6.45, 7) is 0. The van der Waals surface area contributed by atoms with Crippen molar-refractivity contribution in [3.8, 4) is 11.1 Å². The van der Waals surface area contributed by atoms with E-state index in [0.29, 0.717) is 20.9 Å². The highest BCUT2D eigenvalue weighted by Gasteiger charge is 2.15. The molecule has 4 rings (SSSR count). The summed E-state index contributed by atoms with van der Waals surface area (Å²) in [6, 6.07) is 21.9. The van der Waals surface area contributed by atoms with Gasteiger partial charge in [0.25, 0.3) is 5.91 Å². The highest BCUT2D eigenvalue weighted by atomic mass is 32.2. The molecule has 0 bridgehead atoms. The first-order chi connectivity index (χ1) is 14.0. The molecule has 1 heterocycles. The number of benzene rings is 3. The maximum Gasteiger partial charge on any atom is 0.257 e. The fourth-order valence-electron chi connectivity index (χ4n) is 2.86. The van der Waals surface area contributed by atoms with Gasteiger partial charge in [-0.25, -0.2) is 18.1 Å². The minimum atomic E-state index is -3.53. The van der Waals surface area contributed by atoms with Crippen LogP contribution >= 0.6 is 11.3 Å². The summed E-state index contributed by atoms with van der Waals surface area (Å²) in [4.78, 5) is 17.1. The van der Waals surface area contributed by atoms with Gasteiger partial charge >= 0.3 is 0 Å². The van der Waals surface area contributed by atoms with Crippen LogP contribution in [0.25, 0.3) is 21.3 Å². The zero-order chi connectivity index (χ0) is 20.4. The lowest BCUT2D eigenvalue weighted by atomic mass is 10.0. The van der Waals surface area contributed by atoms with Gasteiger partial charge in [-0.2, -0.15) is 0 Å². The van der Waals surface area contributed by atoms with Crippen molar-refractivity contribution in [1.29, 1.82) is 0 Å². The summed E-state index contributed by atoms with van der Waals surface area (Å²) in [7, 11) is -2.17. The van der Waals surface area contributed by atoms with Crippen molar-refractivity contribution in [2.45, 2.75) is 4.90 Å². The summed E-state index contributed by atoms with van der Waals surface area (Å²) in [5.41, 5.74) is 3.25. The van der Waals surface area contributed by atoms with Gasteiger partial charge in [-0.05, 0) is 48.5 Å². The summed E-state index contributed by atoms with van der Waals surface area (Å²) in [6.07, 6.45) is 0. The van der Waals surface area contributed by atoms with Crippen LogP contribution in [0.1, 0.15) is 10.4 Å². The Morgan fingerprint density at radius 3 is 2.31 bits per heavy atom. The molecule has 146 valence electrons. The van der Waals surface area contributed by atoms with Crippen LogP contribution in [0, 0.1) is 0 Å². The number of sulfonamides is 1. The molecule has 0 spiro atoms. The van der Waals surface area contributed by atoms with E-state index >= 15 is 0 Å². The fraction of sp³-hybridized carbons (Fsp3) is 0.0476. The molecular weight excluding hydrogens is 406 g/mol. The number of nitrogens with one attached hydrogen (secondary N) is 2. The fourth-order valence-corrected chi connectivity index (χ4v) is 4.59. The third-order valence-corrected chi connectivity index (χ3v) is 6.76. The van der Waals surface area contributed by atoms with Crippen molar-refractivity contribution in [2.24, 2.45) is 0 Å². The van der Waals surface area contributed by atoms with Gasteiger partial charge in [0.15, 0.2) is 5.13 Å². The number of hydrogen-bond donors (Lipinski definition) is 2. The second kappa shape index (κ2) is 7.75. The van der Waals surface area contributed by atoms with Crippen molar-refractivity contribution >= 4 is 42.6 Å². The van der Waals surface area contributed by atoms with Crippen LogP contribution in [0.4, 0.5) is 5.13 Å². The lowest BCUT2D eigenvalue weighted by Gasteiger charge is -2.04. The minimum absolute atomic E-state index is 0.158. The van der Waals surface area contributed by atoms with Crippen LogP contribution in [-0.2, 0) is 10.0 Å². The number of hydrogen-bond acceptors (Lipinski definition) is 5. The van der Waals surface area contributed by atoms with Crippen LogP contribution in [0.2, 0.25) is 0 Å². The number of aromatic nitrogens is 1. The molecule has 0 saturated heterocycles. The van der Waals surface area contributed by atoms with Crippen LogP contribution in [-0.4, -0.2) is 26.4 Å². The van der Waals surface area contributed by atoms with Gasteiger partial charge < -0.3 is 0 Å². The molecule has 1 amide bonds. The molecule has 29 heavy (non-hydrogen) atoms. The average Bonchev–Trinajstić information content (AvgIpc) is 3.16. The maximum absolute atomic E-state index is 12.6.